The number of carbonyl (C=O) groups excluding carboxylic acids is 1. The number of nitrogens with one attached hydrogen (secondary N) is 2. The van der Waals surface area contributed by atoms with Gasteiger partial charge in [-0.1, -0.05) is 11.6 Å². The van der Waals surface area contributed by atoms with E-state index in [2.05, 4.69) is 16.7 Å². The fraction of sp³-hybridized carbons (Fsp3) is 0.533. The lowest BCUT2D eigenvalue weighted by Crippen LogP contribution is -2.45. The predicted octanol–water partition coefficient (Wildman–Crippen LogP) is 3.38. The Labute approximate surface area is 129 Å². The fourth-order valence-electron chi connectivity index (χ4n) is 2.26. The zero-order valence-corrected chi connectivity index (χ0v) is 13.7. The van der Waals surface area contributed by atoms with Crippen molar-refractivity contribution in [2.45, 2.75) is 43.7 Å². The topological polar surface area (TPSA) is 41.1 Å². The van der Waals surface area contributed by atoms with Gasteiger partial charge in [-0.15, -0.1) is 11.8 Å². The second-order valence-electron chi connectivity index (χ2n) is 6.05. The van der Waals surface area contributed by atoms with Crippen molar-refractivity contribution in [3.63, 3.8) is 0 Å². The Morgan fingerprint density at radius 2 is 2.20 bits per heavy atom. The van der Waals surface area contributed by atoms with Gasteiger partial charge in [0, 0.05) is 21.5 Å². The number of halogens is 1. The Kier molecular flexibility index (Phi) is 4.99. The minimum Gasteiger partial charge on any atom is -0.350 e. The molecule has 5 heteroatoms. The lowest BCUT2D eigenvalue weighted by molar-refractivity contribution is -0.121. The van der Waals surface area contributed by atoms with Gasteiger partial charge in [-0.2, -0.15) is 0 Å². The van der Waals surface area contributed by atoms with Crippen LogP contribution in [0.15, 0.2) is 23.1 Å². The molecule has 1 atom stereocenters. The summed E-state index contributed by atoms with van der Waals surface area (Å²) < 4.78 is 0. The highest BCUT2D eigenvalue weighted by Gasteiger charge is 2.22. The Balaban J connectivity index is 1.98. The van der Waals surface area contributed by atoms with Crippen LogP contribution in [-0.2, 0) is 4.79 Å². The van der Waals surface area contributed by atoms with Crippen LogP contribution in [-0.4, -0.2) is 23.7 Å². The second kappa shape index (κ2) is 6.37. The van der Waals surface area contributed by atoms with Crippen LogP contribution in [0, 0.1) is 0 Å². The molecule has 2 N–H and O–H groups in total. The summed E-state index contributed by atoms with van der Waals surface area (Å²) in [5.41, 5.74) is 1.01. The second-order valence-corrected chi connectivity index (χ2v) is 7.62. The molecule has 0 saturated carbocycles. The summed E-state index contributed by atoms with van der Waals surface area (Å²) in [4.78, 5) is 13.1. The third-order valence-corrected chi connectivity index (χ3v) is 4.39. The van der Waals surface area contributed by atoms with Crippen molar-refractivity contribution in [3.8, 4) is 0 Å². The van der Waals surface area contributed by atoms with E-state index < -0.39 is 0 Å². The quantitative estimate of drug-likeness (QED) is 0.899. The van der Waals surface area contributed by atoms with Crippen LogP contribution in [0.4, 0.5) is 0 Å². The number of hydrogen-bond acceptors (Lipinski definition) is 3. The third kappa shape index (κ3) is 4.40. The first-order valence-corrected chi connectivity index (χ1v) is 8.18. The molecule has 0 saturated heterocycles. The molecule has 0 fully saturated rings. The van der Waals surface area contributed by atoms with Gasteiger partial charge in [0.2, 0.25) is 5.91 Å². The lowest BCUT2D eigenvalue weighted by Gasteiger charge is -2.27. The van der Waals surface area contributed by atoms with Crippen molar-refractivity contribution < 1.29 is 4.79 Å². The molecule has 0 aromatic heterocycles. The van der Waals surface area contributed by atoms with E-state index in [0.29, 0.717) is 6.54 Å². The van der Waals surface area contributed by atoms with Crippen LogP contribution >= 0.6 is 23.4 Å². The molecule has 0 bridgehead atoms. The van der Waals surface area contributed by atoms with Crippen molar-refractivity contribution in [3.05, 3.63) is 28.8 Å². The molecule has 0 aliphatic carbocycles. The first-order chi connectivity index (χ1) is 9.35. The van der Waals surface area contributed by atoms with E-state index in [4.69, 9.17) is 11.6 Å². The lowest BCUT2D eigenvalue weighted by atomic mass is 10.0. The molecule has 1 aliphatic rings. The number of amides is 1. The van der Waals surface area contributed by atoms with Crippen molar-refractivity contribution in [1.29, 1.82) is 0 Å². The van der Waals surface area contributed by atoms with Crippen LogP contribution < -0.4 is 10.6 Å². The third-order valence-electron chi connectivity index (χ3n) is 3.03. The van der Waals surface area contributed by atoms with Gasteiger partial charge in [0.05, 0.1) is 6.54 Å². The molecule has 110 valence electrons. The first kappa shape index (κ1) is 15.7. The van der Waals surface area contributed by atoms with E-state index in [-0.39, 0.29) is 17.5 Å². The van der Waals surface area contributed by atoms with Gasteiger partial charge >= 0.3 is 0 Å². The minimum absolute atomic E-state index is 0.0271. The van der Waals surface area contributed by atoms with Crippen LogP contribution in [0.1, 0.15) is 38.8 Å². The summed E-state index contributed by atoms with van der Waals surface area (Å²) >= 11 is 7.92. The molecule has 1 unspecified atom stereocenters. The summed E-state index contributed by atoms with van der Waals surface area (Å²) in [6.07, 6.45) is 1.01. The van der Waals surface area contributed by atoms with Crippen LogP contribution in [0.3, 0.4) is 0 Å². The summed E-state index contributed by atoms with van der Waals surface area (Å²) in [5.74, 6) is 1.09. The average Bonchev–Trinajstić information content (AvgIpc) is 2.34. The molecule has 1 heterocycles. The Morgan fingerprint density at radius 3 is 2.90 bits per heavy atom. The molecule has 3 nitrogen and oxygen atoms in total. The maximum atomic E-state index is 11.9. The van der Waals surface area contributed by atoms with Crippen molar-refractivity contribution in [1.82, 2.24) is 10.6 Å². The summed E-state index contributed by atoms with van der Waals surface area (Å²) in [7, 11) is 0. The SMILES string of the molecule is CC(C)(C)NC(=O)CNC1CCSc2ccc(Cl)cc21. The van der Waals surface area contributed by atoms with Gasteiger partial charge in [-0.25, -0.2) is 0 Å². The van der Waals surface area contributed by atoms with Crippen molar-refractivity contribution >= 4 is 29.3 Å². The standard InChI is InChI=1S/C15H21ClN2OS/c1-15(2,3)18-14(19)9-17-12-6-7-20-13-5-4-10(16)8-11(12)13/h4-5,8,12,17H,6-7,9H2,1-3H3,(H,18,19). The summed E-state index contributed by atoms with van der Waals surface area (Å²) in [6, 6.07) is 6.19. The number of thioether (sulfide) groups is 1. The highest BCUT2D eigenvalue weighted by Crippen LogP contribution is 2.37. The molecule has 0 spiro atoms. The van der Waals surface area contributed by atoms with E-state index in [1.165, 1.54) is 10.5 Å². The van der Waals surface area contributed by atoms with Crippen molar-refractivity contribution in [2.24, 2.45) is 0 Å². The Hall–Kier alpha value is -0.710. The van der Waals surface area contributed by atoms with Gasteiger partial charge in [0.25, 0.3) is 0 Å². The highest BCUT2D eigenvalue weighted by atomic mass is 35.5. The number of benzene rings is 1. The molecule has 1 aromatic rings. The largest absolute Gasteiger partial charge is 0.350 e. The van der Waals surface area contributed by atoms with Crippen LogP contribution in [0.5, 0.6) is 0 Å². The minimum atomic E-state index is -0.192. The normalized spacial score (nSPS) is 18.5. The Morgan fingerprint density at radius 1 is 1.45 bits per heavy atom. The zero-order chi connectivity index (χ0) is 14.8. The van der Waals surface area contributed by atoms with Crippen LogP contribution in [0.25, 0.3) is 0 Å². The monoisotopic (exact) mass is 312 g/mol. The molecular weight excluding hydrogens is 292 g/mol. The number of fused-ring (bicyclic) bond motifs is 1. The van der Waals surface area contributed by atoms with E-state index in [9.17, 15) is 4.79 Å². The molecule has 20 heavy (non-hydrogen) atoms. The van der Waals surface area contributed by atoms with Gasteiger partial charge in [-0.05, 0) is 56.7 Å². The molecule has 1 aliphatic heterocycles. The van der Waals surface area contributed by atoms with Gasteiger partial charge in [0.1, 0.15) is 0 Å². The van der Waals surface area contributed by atoms with E-state index >= 15 is 0 Å². The molecule has 0 radical (unpaired) electrons. The average molecular weight is 313 g/mol. The smallest absolute Gasteiger partial charge is 0.234 e. The first-order valence-electron chi connectivity index (χ1n) is 6.82. The van der Waals surface area contributed by atoms with Crippen LogP contribution in [0.2, 0.25) is 5.02 Å². The number of rotatable bonds is 3. The van der Waals surface area contributed by atoms with Crippen molar-refractivity contribution in [2.75, 3.05) is 12.3 Å². The molecule has 2 rings (SSSR count). The Bertz CT molecular complexity index is 499. The van der Waals surface area contributed by atoms with Gasteiger partial charge in [0.15, 0.2) is 0 Å². The number of carbonyl (C=O) groups is 1. The molecule has 1 amide bonds. The fourth-order valence-corrected chi connectivity index (χ4v) is 3.54. The maximum Gasteiger partial charge on any atom is 0.234 e. The predicted molar refractivity (Wildman–Crippen MR) is 85.4 cm³/mol. The van der Waals surface area contributed by atoms with E-state index in [1.807, 2.05) is 44.7 Å². The summed E-state index contributed by atoms with van der Waals surface area (Å²) in [5, 5.41) is 7.05. The number of hydrogen-bond donors (Lipinski definition) is 2. The highest BCUT2D eigenvalue weighted by molar-refractivity contribution is 7.99. The van der Waals surface area contributed by atoms with Gasteiger partial charge < -0.3 is 10.6 Å². The molecular formula is C15H21ClN2OS. The van der Waals surface area contributed by atoms with E-state index in [1.54, 1.807) is 0 Å². The summed E-state index contributed by atoms with van der Waals surface area (Å²) in [6.45, 7) is 6.28. The molecule has 1 aromatic carbocycles. The van der Waals surface area contributed by atoms with E-state index in [0.717, 1.165) is 17.2 Å². The maximum absolute atomic E-state index is 11.9. The van der Waals surface area contributed by atoms with Gasteiger partial charge in [-0.3, -0.25) is 4.79 Å². The zero-order valence-electron chi connectivity index (χ0n) is 12.1.